The van der Waals surface area contributed by atoms with Crippen molar-refractivity contribution in [2.75, 3.05) is 6.61 Å². The minimum Gasteiger partial charge on any atom is -0.547 e. The summed E-state index contributed by atoms with van der Waals surface area (Å²) in [5, 5.41) is 74.2. The Bertz CT molecular complexity index is 801. The van der Waals surface area contributed by atoms with E-state index in [1.54, 1.807) is 6.92 Å². The number of carbonyl (C=O) groups excluding carboxylic acids is 1. The van der Waals surface area contributed by atoms with E-state index in [1.165, 1.54) is 0 Å². The monoisotopic (exact) mass is 600 g/mol. The zero-order valence-corrected chi connectivity index (χ0v) is 25.9. The topological polar surface area (TPSA) is 208 Å². The molecular formula is C27H45NaO13. The molecule has 0 aromatic rings. The molecule has 0 bridgehead atoms. The molecule has 4 aliphatic rings. The molecule has 2 heterocycles. The number of aliphatic hydroxyl groups excluding tert-OH is 6. The zero-order valence-electron chi connectivity index (χ0n) is 23.9. The van der Waals surface area contributed by atoms with E-state index in [0.717, 1.165) is 44.9 Å². The fourth-order valence-corrected chi connectivity index (χ4v) is 6.29. The zero-order chi connectivity index (χ0) is 29.0. The van der Waals surface area contributed by atoms with Gasteiger partial charge in [0.1, 0.15) is 42.7 Å². The van der Waals surface area contributed by atoms with Gasteiger partial charge in [-0.25, -0.2) is 0 Å². The van der Waals surface area contributed by atoms with Crippen molar-refractivity contribution in [3.63, 3.8) is 0 Å². The van der Waals surface area contributed by atoms with Crippen molar-refractivity contribution in [3.05, 3.63) is 0 Å². The molecule has 0 radical (unpaired) electrons. The van der Waals surface area contributed by atoms with Crippen LogP contribution >= 0.6 is 0 Å². The molecule has 2 saturated carbocycles. The third-order valence-corrected chi connectivity index (χ3v) is 8.75. The Balaban J connectivity index is 0.00000462. The van der Waals surface area contributed by atoms with E-state index in [1.807, 2.05) is 0 Å². The molecule has 2 saturated heterocycles. The largest absolute Gasteiger partial charge is 1.00 e. The fourth-order valence-electron chi connectivity index (χ4n) is 6.29. The minimum absolute atomic E-state index is 0. The summed E-state index contributed by atoms with van der Waals surface area (Å²) in [7, 11) is 0. The van der Waals surface area contributed by atoms with E-state index in [-0.39, 0.29) is 41.9 Å². The van der Waals surface area contributed by atoms with Gasteiger partial charge in [-0.1, -0.05) is 44.9 Å². The van der Waals surface area contributed by atoms with Crippen LogP contribution in [0.4, 0.5) is 0 Å². The van der Waals surface area contributed by atoms with Gasteiger partial charge >= 0.3 is 29.6 Å². The van der Waals surface area contributed by atoms with Crippen molar-refractivity contribution in [2.45, 2.75) is 151 Å². The van der Waals surface area contributed by atoms with Crippen LogP contribution in [0.3, 0.4) is 0 Å². The van der Waals surface area contributed by atoms with Crippen molar-refractivity contribution in [1.82, 2.24) is 0 Å². The number of carboxylic acid groups (broad SMARTS) is 1. The summed E-state index contributed by atoms with van der Waals surface area (Å²) in [5.41, 5.74) is 0. The molecule has 2 aliphatic heterocycles. The van der Waals surface area contributed by atoms with E-state index < -0.39 is 92.3 Å². The molecule has 13 nitrogen and oxygen atoms in total. The summed E-state index contributed by atoms with van der Waals surface area (Å²) in [6.45, 7) is 0.920. The first-order chi connectivity index (χ1) is 19.1. The summed E-state index contributed by atoms with van der Waals surface area (Å²) in [6.07, 6.45) is -8.50. The van der Waals surface area contributed by atoms with Crippen LogP contribution in [-0.4, -0.2) is 123 Å². The first kappa shape index (κ1) is 35.5. The number of carboxylic acids is 1. The third kappa shape index (κ3) is 8.82. The molecule has 0 unspecified atom stereocenters. The van der Waals surface area contributed by atoms with Crippen LogP contribution < -0.4 is 34.7 Å². The second-order valence-electron chi connectivity index (χ2n) is 11.7. The fraction of sp³-hybridized carbons (Fsp3) is 0.963. The maximum Gasteiger partial charge on any atom is 1.00 e. The maximum absolute atomic E-state index is 11.9. The second kappa shape index (κ2) is 16.4. The van der Waals surface area contributed by atoms with Crippen LogP contribution in [0.15, 0.2) is 0 Å². The molecule has 13 atom stereocenters. The van der Waals surface area contributed by atoms with Crippen LogP contribution in [0, 0.1) is 5.92 Å². The predicted molar refractivity (Wildman–Crippen MR) is 133 cm³/mol. The molecule has 4 rings (SSSR count). The Morgan fingerprint density at radius 2 is 1.37 bits per heavy atom. The van der Waals surface area contributed by atoms with Gasteiger partial charge in [-0.2, -0.15) is 0 Å². The van der Waals surface area contributed by atoms with E-state index in [9.17, 15) is 40.5 Å². The standard InChI is InChI=1S/C27H46O13.Na/c1-13-19(29)21(31)22(32)26(36-13)38-15-9-5-6-10-16(15)39-27-23(33)24(20(30)18(12-28)40-27)37-17(25(34)35)11-14-7-3-2-4-8-14;/h13-24,26-33H,2-12H2,1H3,(H,34,35);/q;+1/p-1/t13-,15+,16+,17-,18+,19+,20-,21+,22-,23+,24-,26-,27+;/m0./s1. The Labute approximate surface area is 262 Å². The summed E-state index contributed by atoms with van der Waals surface area (Å²) in [6, 6.07) is 0. The van der Waals surface area contributed by atoms with E-state index in [4.69, 9.17) is 23.7 Å². The third-order valence-electron chi connectivity index (χ3n) is 8.75. The average molecular weight is 601 g/mol. The van der Waals surface area contributed by atoms with Gasteiger partial charge in [-0.15, -0.1) is 0 Å². The molecule has 14 heteroatoms. The van der Waals surface area contributed by atoms with Crippen molar-refractivity contribution >= 4 is 5.97 Å². The summed E-state index contributed by atoms with van der Waals surface area (Å²) in [4.78, 5) is 11.9. The number of carbonyl (C=O) groups is 1. The molecule has 0 aromatic carbocycles. The number of aliphatic carboxylic acids is 1. The number of hydrogen-bond acceptors (Lipinski definition) is 13. The van der Waals surface area contributed by atoms with Crippen LogP contribution in [0.2, 0.25) is 0 Å². The molecule has 2 aliphatic carbocycles. The van der Waals surface area contributed by atoms with Gasteiger partial charge in [0.05, 0.1) is 37.0 Å². The Morgan fingerprint density at radius 3 is 1.93 bits per heavy atom. The van der Waals surface area contributed by atoms with Crippen molar-refractivity contribution in [2.24, 2.45) is 5.92 Å². The van der Waals surface area contributed by atoms with E-state index in [2.05, 4.69) is 0 Å². The Morgan fingerprint density at radius 1 is 0.805 bits per heavy atom. The van der Waals surface area contributed by atoms with Gasteiger partial charge in [0.25, 0.3) is 0 Å². The van der Waals surface area contributed by atoms with Crippen molar-refractivity contribution < 1.29 is 93.8 Å². The molecule has 0 aromatic heterocycles. The van der Waals surface area contributed by atoms with Gasteiger partial charge in [0.15, 0.2) is 12.6 Å². The Hall–Kier alpha value is 0.0300. The smallest absolute Gasteiger partial charge is 0.547 e. The van der Waals surface area contributed by atoms with Crippen molar-refractivity contribution in [3.8, 4) is 0 Å². The van der Waals surface area contributed by atoms with Gasteiger partial charge in [-0.3, -0.25) is 0 Å². The number of aliphatic hydroxyl groups is 6. The first-order valence-electron chi connectivity index (χ1n) is 14.6. The quantitative estimate of drug-likeness (QED) is 0.130. The maximum atomic E-state index is 11.9. The summed E-state index contributed by atoms with van der Waals surface area (Å²) >= 11 is 0. The first-order valence-corrected chi connectivity index (χ1v) is 14.6. The van der Waals surface area contributed by atoms with Crippen LogP contribution in [0.5, 0.6) is 0 Å². The number of ether oxygens (including phenoxy) is 5. The Kier molecular flexibility index (Phi) is 14.2. The summed E-state index contributed by atoms with van der Waals surface area (Å²) < 4.78 is 29.1. The van der Waals surface area contributed by atoms with E-state index >= 15 is 0 Å². The van der Waals surface area contributed by atoms with Crippen LogP contribution in [-0.2, 0) is 28.5 Å². The minimum atomic E-state index is -1.60. The van der Waals surface area contributed by atoms with Gasteiger partial charge in [0, 0.05) is 0 Å². The molecule has 4 fully saturated rings. The SMILES string of the molecule is C[C@@H]1O[C@@H](O[C@@H]2CCCC[C@H]2O[C@@H]2O[C@H](CO)[C@H](O)[C@H](O[C@@H](CC3CCCCC3)C(=O)[O-])[C@H]2O)[C@@H](O)[C@H](O)[C@@H]1O.[Na+]. The number of hydrogen-bond donors (Lipinski definition) is 6. The van der Waals surface area contributed by atoms with Crippen molar-refractivity contribution in [1.29, 1.82) is 0 Å². The average Bonchev–Trinajstić information content (AvgIpc) is 2.95. The van der Waals surface area contributed by atoms with Gasteiger partial charge in [0.2, 0.25) is 0 Å². The number of rotatable bonds is 10. The normalized spacial score (nSPS) is 43.2. The van der Waals surface area contributed by atoms with E-state index in [0.29, 0.717) is 12.8 Å². The molecule has 41 heavy (non-hydrogen) atoms. The van der Waals surface area contributed by atoms with Gasteiger partial charge < -0.3 is 64.2 Å². The summed E-state index contributed by atoms with van der Waals surface area (Å²) in [5.74, 6) is -1.31. The molecule has 0 amide bonds. The van der Waals surface area contributed by atoms with Crippen LogP contribution in [0.25, 0.3) is 0 Å². The molecule has 0 spiro atoms. The van der Waals surface area contributed by atoms with Gasteiger partial charge in [-0.05, 0) is 32.1 Å². The molecule has 232 valence electrons. The second-order valence-corrected chi connectivity index (χ2v) is 11.7. The molecule has 6 N–H and O–H groups in total. The molecular weight excluding hydrogens is 555 g/mol. The van der Waals surface area contributed by atoms with Crippen LogP contribution in [0.1, 0.15) is 71.1 Å². The predicted octanol–water partition coefficient (Wildman–Crippen LogP) is -4.92.